The lowest BCUT2D eigenvalue weighted by Gasteiger charge is -2.15. The Morgan fingerprint density at radius 1 is 1.36 bits per heavy atom. The summed E-state index contributed by atoms with van der Waals surface area (Å²) in [5, 5.41) is 12.6. The molecule has 1 aromatic heterocycles. The van der Waals surface area contributed by atoms with E-state index in [9.17, 15) is 5.11 Å². The lowest BCUT2D eigenvalue weighted by atomic mass is 9.97. The highest BCUT2D eigenvalue weighted by molar-refractivity contribution is 7.10. The van der Waals surface area contributed by atoms with Gasteiger partial charge in [0.15, 0.2) is 0 Å². The van der Waals surface area contributed by atoms with E-state index in [2.05, 4.69) is 0 Å². The summed E-state index contributed by atoms with van der Waals surface area (Å²) in [6.07, 6.45) is 5.27. The molecule has 1 nitrogen and oxygen atoms in total. The predicted molar refractivity (Wildman–Crippen MR) is 61.2 cm³/mol. The van der Waals surface area contributed by atoms with Crippen molar-refractivity contribution in [2.45, 2.75) is 44.1 Å². The van der Waals surface area contributed by atoms with Gasteiger partial charge in [-0.2, -0.15) is 0 Å². The monoisotopic (exact) mass is 230 g/mol. The predicted octanol–water partition coefficient (Wildman–Crippen LogP) is 3.81. The largest absolute Gasteiger partial charge is 0.393 e. The maximum atomic E-state index is 9.71. The number of hydrogen-bond acceptors (Lipinski definition) is 2. The standard InChI is InChI=1S/C11H15ClOS/c12-10-5-6-14-11(10)8-3-1-2-4-9(13)7-8/h5-6,8-9,13H,1-4,7H2. The van der Waals surface area contributed by atoms with Crippen LogP contribution in [0.3, 0.4) is 0 Å². The number of hydrogen-bond donors (Lipinski definition) is 1. The molecule has 0 spiro atoms. The Bertz CT molecular complexity index is 297. The molecule has 1 fully saturated rings. The second-order valence-corrected chi connectivity index (χ2v) is 5.36. The Morgan fingerprint density at radius 2 is 2.14 bits per heavy atom. The van der Waals surface area contributed by atoms with Crippen LogP contribution in [0.1, 0.15) is 42.9 Å². The summed E-state index contributed by atoms with van der Waals surface area (Å²) in [6, 6.07) is 1.96. The van der Waals surface area contributed by atoms with Crippen LogP contribution in [0.15, 0.2) is 11.4 Å². The van der Waals surface area contributed by atoms with Crippen molar-refractivity contribution in [3.8, 4) is 0 Å². The number of aliphatic hydroxyl groups is 1. The molecule has 1 aliphatic carbocycles. The maximum Gasteiger partial charge on any atom is 0.0547 e. The molecule has 1 aromatic rings. The van der Waals surface area contributed by atoms with E-state index in [-0.39, 0.29) is 6.10 Å². The zero-order valence-electron chi connectivity index (χ0n) is 8.08. The summed E-state index contributed by atoms with van der Waals surface area (Å²) < 4.78 is 0. The second kappa shape index (κ2) is 4.65. The van der Waals surface area contributed by atoms with Gasteiger partial charge in [0.2, 0.25) is 0 Å². The summed E-state index contributed by atoms with van der Waals surface area (Å²) in [5.41, 5.74) is 0. The second-order valence-electron chi connectivity index (χ2n) is 4.00. The van der Waals surface area contributed by atoms with Gasteiger partial charge in [-0.05, 0) is 36.6 Å². The van der Waals surface area contributed by atoms with Gasteiger partial charge >= 0.3 is 0 Å². The number of halogens is 1. The maximum absolute atomic E-state index is 9.71. The smallest absolute Gasteiger partial charge is 0.0547 e. The number of aliphatic hydroxyl groups excluding tert-OH is 1. The van der Waals surface area contributed by atoms with Crippen molar-refractivity contribution in [2.24, 2.45) is 0 Å². The lowest BCUT2D eigenvalue weighted by Crippen LogP contribution is -2.08. The Hall–Kier alpha value is -0.0500. The fourth-order valence-electron chi connectivity index (χ4n) is 2.17. The van der Waals surface area contributed by atoms with Crippen LogP contribution in [0, 0.1) is 0 Å². The highest BCUT2D eigenvalue weighted by Crippen LogP contribution is 2.38. The van der Waals surface area contributed by atoms with Crippen molar-refractivity contribution < 1.29 is 5.11 Å². The van der Waals surface area contributed by atoms with Crippen molar-refractivity contribution >= 4 is 22.9 Å². The van der Waals surface area contributed by atoms with E-state index in [1.54, 1.807) is 11.3 Å². The van der Waals surface area contributed by atoms with Crippen LogP contribution in [0.25, 0.3) is 0 Å². The van der Waals surface area contributed by atoms with Crippen molar-refractivity contribution in [1.29, 1.82) is 0 Å². The third kappa shape index (κ3) is 2.30. The molecule has 0 amide bonds. The van der Waals surface area contributed by atoms with Crippen molar-refractivity contribution in [1.82, 2.24) is 0 Å². The average Bonchev–Trinajstić information content (AvgIpc) is 2.45. The van der Waals surface area contributed by atoms with Crippen LogP contribution < -0.4 is 0 Å². The van der Waals surface area contributed by atoms with Gasteiger partial charge in [-0.3, -0.25) is 0 Å². The molecule has 78 valence electrons. The van der Waals surface area contributed by atoms with Crippen LogP contribution in [0.2, 0.25) is 5.02 Å². The first-order chi connectivity index (χ1) is 6.77. The number of thiophene rings is 1. The zero-order valence-corrected chi connectivity index (χ0v) is 9.65. The molecule has 1 saturated carbocycles. The summed E-state index contributed by atoms with van der Waals surface area (Å²) >= 11 is 7.83. The average molecular weight is 231 g/mol. The van der Waals surface area contributed by atoms with E-state index < -0.39 is 0 Å². The topological polar surface area (TPSA) is 20.2 Å². The van der Waals surface area contributed by atoms with E-state index in [0.29, 0.717) is 5.92 Å². The first-order valence-electron chi connectivity index (χ1n) is 5.18. The number of rotatable bonds is 1. The molecule has 1 aliphatic rings. The van der Waals surface area contributed by atoms with E-state index in [1.807, 2.05) is 11.4 Å². The molecule has 14 heavy (non-hydrogen) atoms. The van der Waals surface area contributed by atoms with E-state index in [4.69, 9.17) is 11.6 Å². The lowest BCUT2D eigenvalue weighted by molar-refractivity contribution is 0.152. The minimum Gasteiger partial charge on any atom is -0.393 e. The fraction of sp³-hybridized carbons (Fsp3) is 0.636. The van der Waals surface area contributed by atoms with Gasteiger partial charge in [-0.25, -0.2) is 0 Å². The van der Waals surface area contributed by atoms with Crippen LogP contribution >= 0.6 is 22.9 Å². The fourth-order valence-corrected chi connectivity index (χ4v) is 3.53. The third-order valence-corrected chi connectivity index (χ3v) is 4.43. The normalized spacial score (nSPS) is 28.7. The summed E-state index contributed by atoms with van der Waals surface area (Å²) in [6.45, 7) is 0. The quantitative estimate of drug-likeness (QED) is 0.728. The van der Waals surface area contributed by atoms with Gasteiger partial charge in [0, 0.05) is 4.88 Å². The summed E-state index contributed by atoms with van der Waals surface area (Å²) in [7, 11) is 0. The van der Waals surface area contributed by atoms with Gasteiger partial charge in [0.25, 0.3) is 0 Å². The van der Waals surface area contributed by atoms with Gasteiger partial charge < -0.3 is 5.11 Å². The van der Waals surface area contributed by atoms with Gasteiger partial charge in [-0.1, -0.05) is 24.4 Å². The zero-order chi connectivity index (χ0) is 9.97. The molecule has 0 aromatic carbocycles. The van der Waals surface area contributed by atoms with E-state index in [1.165, 1.54) is 17.7 Å². The van der Waals surface area contributed by atoms with Crippen molar-refractivity contribution in [3.05, 3.63) is 21.3 Å². The molecule has 1 heterocycles. The minimum atomic E-state index is -0.124. The van der Waals surface area contributed by atoms with Gasteiger partial charge in [-0.15, -0.1) is 11.3 Å². The SMILES string of the molecule is OC1CCCCC(c2sccc2Cl)C1. The molecule has 0 saturated heterocycles. The molecular weight excluding hydrogens is 216 g/mol. The molecule has 2 rings (SSSR count). The summed E-state index contributed by atoms with van der Waals surface area (Å²) in [4.78, 5) is 1.27. The highest BCUT2D eigenvalue weighted by atomic mass is 35.5. The Kier molecular flexibility index (Phi) is 3.47. The Morgan fingerprint density at radius 3 is 2.86 bits per heavy atom. The van der Waals surface area contributed by atoms with Crippen molar-refractivity contribution in [2.75, 3.05) is 0 Å². The Balaban J connectivity index is 2.13. The van der Waals surface area contributed by atoms with E-state index in [0.717, 1.165) is 24.3 Å². The third-order valence-electron chi connectivity index (χ3n) is 2.91. The van der Waals surface area contributed by atoms with Crippen LogP contribution in [-0.2, 0) is 0 Å². The first kappa shape index (κ1) is 10.5. The highest BCUT2D eigenvalue weighted by Gasteiger charge is 2.22. The first-order valence-corrected chi connectivity index (χ1v) is 6.44. The van der Waals surface area contributed by atoms with Crippen LogP contribution in [-0.4, -0.2) is 11.2 Å². The molecular formula is C11H15ClOS. The molecule has 0 bridgehead atoms. The van der Waals surface area contributed by atoms with Crippen LogP contribution in [0.5, 0.6) is 0 Å². The summed E-state index contributed by atoms with van der Waals surface area (Å²) in [5.74, 6) is 0.486. The van der Waals surface area contributed by atoms with Crippen LogP contribution in [0.4, 0.5) is 0 Å². The molecule has 0 aliphatic heterocycles. The Labute approximate surface area is 93.7 Å². The molecule has 0 radical (unpaired) electrons. The van der Waals surface area contributed by atoms with Crippen molar-refractivity contribution in [3.63, 3.8) is 0 Å². The molecule has 2 unspecified atom stereocenters. The van der Waals surface area contributed by atoms with Gasteiger partial charge in [0.05, 0.1) is 11.1 Å². The molecule has 3 heteroatoms. The van der Waals surface area contributed by atoms with E-state index >= 15 is 0 Å². The minimum absolute atomic E-state index is 0.124. The van der Waals surface area contributed by atoms with Gasteiger partial charge in [0.1, 0.15) is 0 Å². The molecule has 2 atom stereocenters. The molecule has 1 N–H and O–H groups in total.